The average molecular weight is 546 g/mol. The maximum Gasteiger partial charge on any atom is 0.293 e. The molecule has 1 aliphatic heterocycles. The zero-order valence-electron chi connectivity index (χ0n) is 23.4. The molecule has 4 aromatic rings. The minimum atomic E-state index is -0.476. The van der Waals surface area contributed by atoms with Crippen LogP contribution >= 0.6 is 0 Å². The van der Waals surface area contributed by atoms with Gasteiger partial charge in [0.25, 0.3) is 11.7 Å². The predicted molar refractivity (Wildman–Crippen MR) is 149 cm³/mol. The van der Waals surface area contributed by atoms with Gasteiger partial charge < -0.3 is 20.3 Å². The Labute approximate surface area is 232 Å². The molecule has 0 saturated heterocycles. The third-order valence-electron chi connectivity index (χ3n) is 6.66. The molecule has 0 saturated carbocycles. The Kier molecular flexibility index (Phi) is 7.63. The molecule has 4 heterocycles. The van der Waals surface area contributed by atoms with Crippen LogP contribution in [0.25, 0.3) is 11.3 Å². The lowest BCUT2D eigenvalue weighted by atomic mass is 9.96. The van der Waals surface area contributed by atoms with Crippen molar-refractivity contribution in [3.05, 3.63) is 65.7 Å². The van der Waals surface area contributed by atoms with Crippen LogP contribution < -0.4 is 10.6 Å². The van der Waals surface area contributed by atoms with Crippen molar-refractivity contribution in [2.75, 3.05) is 18.4 Å². The highest BCUT2D eigenvalue weighted by Crippen LogP contribution is 2.31. The van der Waals surface area contributed by atoms with Gasteiger partial charge in [-0.2, -0.15) is 10.1 Å². The largest absolute Gasteiger partial charge is 0.392 e. The van der Waals surface area contributed by atoms with E-state index in [0.717, 1.165) is 28.1 Å². The van der Waals surface area contributed by atoms with Crippen LogP contribution in [0.4, 0.5) is 11.6 Å². The number of benzene rings is 1. The number of β-amino-alcohol motifs (C(OH)–C–C–N with tert-alkyl or cyclic N) is 1. The molecule has 40 heavy (non-hydrogen) atoms. The van der Waals surface area contributed by atoms with Gasteiger partial charge in [-0.25, -0.2) is 9.97 Å². The summed E-state index contributed by atoms with van der Waals surface area (Å²) in [6.07, 6.45) is 5.47. The number of aromatic nitrogens is 6. The molecule has 0 fully saturated rings. The second-order valence-corrected chi connectivity index (χ2v) is 11.3. The smallest absolute Gasteiger partial charge is 0.293 e. The lowest BCUT2D eigenvalue weighted by Gasteiger charge is -2.22. The summed E-state index contributed by atoms with van der Waals surface area (Å²) in [5.74, 6) is 0.512. The van der Waals surface area contributed by atoms with Gasteiger partial charge in [0.1, 0.15) is 0 Å². The standard InChI is InChI=1S/C28H35N9O3/c1-17(38)14-37-11-9-23(32-25(39)24-34-26(40-35-24)28(2,3)4)21-7-6-18(12-19(21)15-37)22-8-10-29-27(33-22)31-20-13-30-36(5)16-20/h6-8,10,12-13,16-17,23,38H,9,11,14-15H2,1-5H3,(H,32,39)(H,29,31,33)/t17?,23-/m0/s1. The lowest BCUT2D eigenvalue weighted by Crippen LogP contribution is -2.33. The molecule has 2 atom stereocenters. The lowest BCUT2D eigenvalue weighted by molar-refractivity contribution is 0.0913. The second kappa shape index (κ2) is 11.1. The summed E-state index contributed by atoms with van der Waals surface area (Å²) in [5.41, 5.74) is 4.18. The molecule has 3 aromatic heterocycles. The zero-order valence-corrected chi connectivity index (χ0v) is 23.4. The minimum Gasteiger partial charge on any atom is -0.392 e. The number of anilines is 2. The molecule has 12 heteroatoms. The summed E-state index contributed by atoms with van der Waals surface area (Å²) in [7, 11) is 1.85. The highest BCUT2D eigenvalue weighted by molar-refractivity contribution is 5.90. The SMILES string of the molecule is CC(O)CN1CC[C@H](NC(=O)c2noc(C(C)(C)C)n2)c2ccc(-c3ccnc(Nc4cnn(C)c4)n3)cc2C1. The van der Waals surface area contributed by atoms with Crippen molar-refractivity contribution in [3.8, 4) is 11.3 Å². The van der Waals surface area contributed by atoms with Gasteiger partial charge in [0.15, 0.2) is 0 Å². The highest BCUT2D eigenvalue weighted by Gasteiger charge is 2.28. The molecule has 210 valence electrons. The van der Waals surface area contributed by atoms with Gasteiger partial charge in [-0.3, -0.25) is 14.4 Å². The third kappa shape index (κ3) is 6.35. The fourth-order valence-corrected chi connectivity index (χ4v) is 4.75. The summed E-state index contributed by atoms with van der Waals surface area (Å²) in [5, 5.41) is 24.5. The molecule has 1 aliphatic rings. The van der Waals surface area contributed by atoms with Crippen molar-refractivity contribution in [1.82, 2.24) is 40.1 Å². The van der Waals surface area contributed by atoms with Gasteiger partial charge in [0.05, 0.1) is 29.7 Å². The zero-order chi connectivity index (χ0) is 28.4. The molecule has 0 spiro atoms. The van der Waals surface area contributed by atoms with Crippen LogP contribution in [0.3, 0.4) is 0 Å². The Morgan fingerprint density at radius 3 is 2.77 bits per heavy atom. The molecule has 5 rings (SSSR count). The molecular formula is C28H35N9O3. The van der Waals surface area contributed by atoms with Gasteiger partial charge in [0.2, 0.25) is 11.8 Å². The number of fused-ring (bicyclic) bond motifs is 1. The summed E-state index contributed by atoms with van der Waals surface area (Å²) >= 11 is 0. The van der Waals surface area contributed by atoms with Crippen molar-refractivity contribution in [1.29, 1.82) is 0 Å². The number of aliphatic hydroxyl groups excluding tert-OH is 1. The van der Waals surface area contributed by atoms with E-state index in [9.17, 15) is 9.90 Å². The Balaban J connectivity index is 1.42. The van der Waals surface area contributed by atoms with E-state index in [4.69, 9.17) is 9.51 Å². The first-order chi connectivity index (χ1) is 19.0. The quantitative estimate of drug-likeness (QED) is 0.316. The molecule has 3 N–H and O–H groups in total. The van der Waals surface area contributed by atoms with E-state index in [2.05, 4.69) is 41.8 Å². The number of nitrogens with zero attached hydrogens (tertiary/aromatic N) is 7. The number of aryl methyl sites for hydroxylation is 1. The number of nitrogens with one attached hydrogen (secondary N) is 2. The van der Waals surface area contributed by atoms with E-state index in [1.165, 1.54) is 0 Å². The van der Waals surface area contributed by atoms with Gasteiger partial charge in [0, 0.05) is 50.1 Å². The Morgan fingerprint density at radius 1 is 1.25 bits per heavy atom. The number of hydrogen-bond acceptors (Lipinski definition) is 10. The van der Waals surface area contributed by atoms with Gasteiger partial charge in [-0.05, 0) is 36.6 Å². The van der Waals surface area contributed by atoms with Crippen LogP contribution in [0.15, 0.2) is 47.4 Å². The van der Waals surface area contributed by atoms with Crippen molar-refractivity contribution in [2.45, 2.75) is 58.2 Å². The average Bonchev–Trinajstić information content (AvgIpc) is 3.52. The Hall–Kier alpha value is -4.16. The van der Waals surface area contributed by atoms with Crippen molar-refractivity contribution in [3.63, 3.8) is 0 Å². The molecular weight excluding hydrogens is 510 g/mol. The minimum absolute atomic E-state index is 0.0165. The maximum atomic E-state index is 13.1. The van der Waals surface area contributed by atoms with E-state index in [1.54, 1.807) is 24.0 Å². The first-order valence-electron chi connectivity index (χ1n) is 13.3. The van der Waals surface area contributed by atoms with Crippen LogP contribution in [0.5, 0.6) is 0 Å². The highest BCUT2D eigenvalue weighted by atomic mass is 16.5. The molecule has 1 amide bonds. The van der Waals surface area contributed by atoms with Crippen LogP contribution in [0, 0.1) is 0 Å². The molecule has 0 radical (unpaired) electrons. The first kappa shape index (κ1) is 27.4. The number of aliphatic hydroxyl groups is 1. The predicted octanol–water partition coefficient (Wildman–Crippen LogP) is 3.36. The van der Waals surface area contributed by atoms with E-state index in [1.807, 2.05) is 52.2 Å². The van der Waals surface area contributed by atoms with Gasteiger partial charge in [-0.1, -0.05) is 38.1 Å². The fraction of sp³-hybridized carbons (Fsp3) is 0.429. The summed E-state index contributed by atoms with van der Waals surface area (Å²) < 4.78 is 7.03. The normalized spacial score (nSPS) is 16.7. The van der Waals surface area contributed by atoms with Gasteiger partial charge in [-0.15, -0.1) is 0 Å². The number of hydrogen-bond donors (Lipinski definition) is 3. The number of carbonyl (C=O) groups is 1. The van der Waals surface area contributed by atoms with Crippen molar-refractivity contribution < 1.29 is 14.4 Å². The van der Waals surface area contributed by atoms with E-state index in [-0.39, 0.29) is 23.2 Å². The van der Waals surface area contributed by atoms with E-state index >= 15 is 0 Å². The molecule has 0 aliphatic carbocycles. The Bertz CT molecular complexity index is 1490. The Morgan fingerprint density at radius 2 is 2.08 bits per heavy atom. The van der Waals surface area contributed by atoms with Gasteiger partial charge >= 0.3 is 0 Å². The first-order valence-corrected chi connectivity index (χ1v) is 13.3. The second-order valence-electron chi connectivity index (χ2n) is 11.3. The number of rotatable bonds is 7. The number of carbonyl (C=O) groups excluding carboxylic acids is 1. The van der Waals surface area contributed by atoms with Crippen LogP contribution in [0.2, 0.25) is 0 Å². The monoisotopic (exact) mass is 545 g/mol. The van der Waals surface area contributed by atoms with Crippen LogP contribution in [-0.2, 0) is 19.0 Å². The molecule has 1 aromatic carbocycles. The van der Waals surface area contributed by atoms with Crippen LogP contribution in [-0.4, -0.2) is 65.0 Å². The summed E-state index contributed by atoms with van der Waals surface area (Å²) in [6, 6.07) is 7.74. The summed E-state index contributed by atoms with van der Waals surface area (Å²) in [4.78, 5) is 28.7. The van der Waals surface area contributed by atoms with E-state index in [0.29, 0.717) is 37.9 Å². The maximum absolute atomic E-state index is 13.1. The summed E-state index contributed by atoms with van der Waals surface area (Å²) in [6.45, 7) is 9.49. The van der Waals surface area contributed by atoms with Crippen molar-refractivity contribution >= 4 is 17.5 Å². The molecule has 12 nitrogen and oxygen atoms in total. The topological polar surface area (TPSA) is 147 Å². The fourth-order valence-electron chi connectivity index (χ4n) is 4.75. The number of amides is 1. The molecule has 0 bridgehead atoms. The molecule has 1 unspecified atom stereocenters. The third-order valence-corrected chi connectivity index (χ3v) is 6.66. The van der Waals surface area contributed by atoms with Crippen molar-refractivity contribution in [2.24, 2.45) is 7.05 Å². The van der Waals surface area contributed by atoms with E-state index < -0.39 is 6.10 Å². The van der Waals surface area contributed by atoms with Crippen LogP contribution in [0.1, 0.15) is 67.8 Å².